The molecule has 4 aromatic rings. The number of carbonyl (C=O) groups excluding carboxylic acids is 1. The molecule has 0 radical (unpaired) electrons. The number of carbonyl (C=O) groups is 1. The molecule has 1 aromatic heterocycles. The van der Waals surface area contributed by atoms with Crippen LogP contribution in [-0.4, -0.2) is 12.5 Å². The summed E-state index contributed by atoms with van der Waals surface area (Å²) >= 11 is 6.36. The van der Waals surface area contributed by atoms with Gasteiger partial charge in [-0.3, -0.25) is 9.59 Å². The summed E-state index contributed by atoms with van der Waals surface area (Å²) in [5.74, 6) is -0.248. The Morgan fingerprint density at radius 1 is 1.00 bits per heavy atom. The summed E-state index contributed by atoms with van der Waals surface area (Å²) in [6.07, 6.45) is 0. The van der Waals surface area contributed by atoms with E-state index in [2.05, 4.69) is 5.32 Å². The van der Waals surface area contributed by atoms with Crippen molar-refractivity contribution in [3.63, 3.8) is 0 Å². The van der Waals surface area contributed by atoms with E-state index in [-0.39, 0.29) is 23.5 Å². The zero-order chi connectivity index (χ0) is 22.0. The molecule has 31 heavy (non-hydrogen) atoms. The molecule has 156 valence electrons. The van der Waals surface area contributed by atoms with Crippen molar-refractivity contribution in [1.29, 1.82) is 0 Å². The first-order chi connectivity index (χ1) is 14.9. The summed E-state index contributed by atoms with van der Waals surface area (Å²) in [5.41, 5.74) is 3.18. The largest absolute Gasteiger partial charge is 0.476 e. The molecular formula is C25H20ClNO4. The first-order valence-corrected chi connectivity index (χ1v) is 10.1. The van der Waals surface area contributed by atoms with Crippen LogP contribution in [0.1, 0.15) is 11.1 Å². The Morgan fingerprint density at radius 2 is 1.68 bits per heavy atom. The second-order valence-corrected chi connectivity index (χ2v) is 7.61. The van der Waals surface area contributed by atoms with E-state index in [1.54, 1.807) is 42.5 Å². The fraction of sp³-hybridized carbons (Fsp3) is 0.120. The van der Waals surface area contributed by atoms with Crippen LogP contribution >= 0.6 is 11.6 Å². The molecule has 0 bridgehead atoms. The van der Waals surface area contributed by atoms with Crippen LogP contribution in [0.2, 0.25) is 5.02 Å². The highest BCUT2D eigenvalue weighted by Gasteiger charge is 2.21. The number of nitrogens with one attached hydrogen (secondary N) is 1. The highest BCUT2D eigenvalue weighted by molar-refractivity contribution is 6.33. The van der Waals surface area contributed by atoms with Crippen molar-refractivity contribution in [3.8, 4) is 17.1 Å². The molecule has 0 fully saturated rings. The Balaban J connectivity index is 1.76. The third-order valence-electron chi connectivity index (χ3n) is 4.99. The second kappa shape index (κ2) is 8.66. The number of hydrogen-bond donors (Lipinski definition) is 1. The molecule has 1 amide bonds. The maximum Gasteiger partial charge on any atom is 0.262 e. The second-order valence-electron chi connectivity index (χ2n) is 7.20. The third-order valence-corrected chi connectivity index (χ3v) is 5.32. The number of hydrogen-bond acceptors (Lipinski definition) is 4. The summed E-state index contributed by atoms with van der Waals surface area (Å²) in [6, 6.07) is 19.6. The van der Waals surface area contributed by atoms with E-state index in [1.165, 1.54) is 0 Å². The molecule has 4 rings (SSSR count). The van der Waals surface area contributed by atoms with E-state index < -0.39 is 5.91 Å². The highest BCUT2D eigenvalue weighted by Crippen LogP contribution is 2.35. The summed E-state index contributed by atoms with van der Waals surface area (Å²) in [4.78, 5) is 25.7. The van der Waals surface area contributed by atoms with Gasteiger partial charge >= 0.3 is 0 Å². The fourth-order valence-corrected chi connectivity index (χ4v) is 3.46. The van der Waals surface area contributed by atoms with Crippen LogP contribution in [0, 0.1) is 13.8 Å². The summed E-state index contributed by atoms with van der Waals surface area (Å²) in [7, 11) is 0. The minimum absolute atomic E-state index is 0.0490. The van der Waals surface area contributed by atoms with Crippen LogP contribution < -0.4 is 15.5 Å². The molecule has 1 N–H and O–H groups in total. The van der Waals surface area contributed by atoms with Gasteiger partial charge in [0.1, 0.15) is 5.58 Å². The van der Waals surface area contributed by atoms with Crippen molar-refractivity contribution < 1.29 is 13.9 Å². The molecule has 0 aliphatic heterocycles. The standard InChI is InChI=1S/C25H20ClNO4/c1-15-12-19-21(13-16(15)2)31-24(18-10-6-7-11-20(18)26)25(23(19)29)30-14-22(28)27-17-8-4-3-5-9-17/h3-13H,14H2,1-2H3,(H,27,28). The number of benzene rings is 3. The molecule has 0 unspecified atom stereocenters. The van der Waals surface area contributed by atoms with E-state index in [0.717, 1.165) is 11.1 Å². The van der Waals surface area contributed by atoms with Gasteiger partial charge in [0.15, 0.2) is 12.4 Å². The lowest BCUT2D eigenvalue weighted by atomic mass is 10.0. The molecule has 0 saturated carbocycles. The molecule has 0 atom stereocenters. The molecular weight excluding hydrogens is 414 g/mol. The summed E-state index contributed by atoms with van der Waals surface area (Å²) in [5, 5.41) is 3.53. The van der Waals surface area contributed by atoms with E-state index in [1.807, 2.05) is 38.1 Å². The smallest absolute Gasteiger partial charge is 0.262 e. The summed E-state index contributed by atoms with van der Waals surface area (Å²) in [6.45, 7) is 3.51. The number of amides is 1. The lowest BCUT2D eigenvalue weighted by molar-refractivity contribution is -0.118. The minimum atomic E-state index is -0.393. The predicted molar refractivity (Wildman–Crippen MR) is 123 cm³/mol. The Kier molecular flexibility index (Phi) is 5.78. The van der Waals surface area contributed by atoms with Gasteiger partial charge in [-0.25, -0.2) is 0 Å². The number of rotatable bonds is 5. The van der Waals surface area contributed by atoms with Gasteiger partial charge in [0.05, 0.1) is 10.4 Å². The monoisotopic (exact) mass is 433 g/mol. The maximum atomic E-state index is 13.3. The minimum Gasteiger partial charge on any atom is -0.476 e. The average Bonchev–Trinajstić information content (AvgIpc) is 2.75. The van der Waals surface area contributed by atoms with Gasteiger partial charge in [0.2, 0.25) is 11.2 Å². The van der Waals surface area contributed by atoms with E-state index in [9.17, 15) is 9.59 Å². The van der Waals surface area contributed by atoms with E-state index in [0.29, 0.717) is 27.2 Å². The topological polar surface area (TPSA) is 68.5 Å². The quantitative estimate of drug-likeness (QED) is 0.435. The van der Waals surface area contributed by atoms with Gasteiger partial charge < -0.3 is 14.5 Å². The Hall–Kier alpha value is -3.57. The molecule has 6 heteroatoms. The van der Waals surface area contributed by atoms with Crippen molar-refractivity contribution in [2.45, 2.75) is 13.8 Å². The van der Waals surface area contributed by atoms with Gasteiger partial charge in [0.25, 0.3) is 5.91 Å². The van der Waals surface area contributed by atoms with Gasteiger partial charge in [-0.15, -0.1) is 0 Å². The Labute approximate surface area is 184 Å². The van der Waals surface area contributed by atoms with Gasteiger partial charge in [0, 0.05) is 11.3 Å². The van der Waals surface area contributed by atoms with Crippen molar-refractivity contribution in [1.82, 2.24) is 0 Å². The van der Waals surface area contributed by atoms with Gasteiger partial charge in [-0.05, 0) is 61.4 Å². The Bertz CT molecular complexity index is 1330. The van der Waals surface area contributed by atoms with E-state index in [4.69, 9.17) is 20.8 Å². The number of halogens is 1. The fourth-order valence-electron chi connectivity index (χ4n) is 3.24. The number of anilines is 1. The number of ether oxygens (including phenoxy) is 1. The number of fused-ring (bicyclic) bond motifs is 1. The first-order valence-electron chi connectivity index (χ1n) is 9.74. The lowest BCUT2D eigenvalue weighted by Crippen LogP contribution is -2.22. The Morgan fingerprint density at radius 3 is 2.42 bits per heavy atom. The molecule has 0 spiro atoms. The zero-order valence-electron chi connectivity index (χ0n) is 17.1. The van der Waals surface area contributed by atoms with Crippen LogP contribution in [0.3, 0.4) is 0 Å². The van der Waals surface area contributed by atoms with Crippen LogP contribution in [-0.2, 0) is 4.79 Å². The molecule has 0 saturated heterocycles. The zero-order valence-corrected chi connectivity index (χ0v) is 17.8. The normalized spacial score (nSPS) is 10.8. The first kappa shape index (κ1) is 20.7. The van der Waals surface area contributed by atoms with Crippen molar-refractivity contribution in [3.05, 3.63) is 93.1 Å². The molecule has 0 aliphatic rings. The van der Waals surface area contributed by atoms with Crippen LogP contribution in [0.25, 0.3) is 22.3 Å². The van der Waals surface area contributed by atoms with Crippen molar-refractivity contribution in [2.24, 2.45) is 0 Å². The molecule has 3 aromatic carbocycles. The maximum absolute atomic E-state index is 13.3. The number of para-hydroxylation sites is 1. The molecule has 1 heterocycles. The van der Waals surface area contributed by atoms with Crippen molar-refractivity contribution in [2.75, 3.05) is 11.9 Å². The summed E-state index contributed by atoms with van der Waals surface area (Å²) < 4.78 is 11.8. The molecule has 5 nitrogen and oxygen atoms in total. The highest BCUT2D eigenvalue weighted by atomic mass is 35.5. The predicted octanol–water partition coefficient (Wildman–Crippen LogP) is 5.75. The average molecular weight is 434 g/mol. The van der Waals surface area contributed by atoms with Crippen molar-refractivity contribution >= 4 is 34.2 Å². The van der Waals surface area contributed by atoms with Crippen LogP contribution in [0.5, 0.6) is 5.75 Å². The third kappa shape index (κ3) is 4.32. The van der Waals surface area contributed by atoms with E-state index >= 15 is 0 Å². The molecule has 0 aliphatic carbocycles. The van der Waals surface area contributed by atoms with Gasteiger partial charge in [-0.2, -0.15) is 0 Å². The van der Waals surface area contributed by atoms with Gasteiger partial charge in [-0.1, -0.05) is 41.9 Å². The van der Waals surface area contributed by atoms with Crippen LogP contribution in [0.15, 0.2) is 75.9 Å². The number of aryl methyl sites for hydroxylation is 2. The SMILES string of the molecule is Cc1cc2oc(-c3ccccc3Cl)c(OCC(=O)Nc3ccccc3)c(=O)c2cc1C. The van der Waals surface area contributed by atoms with Crippen LogP contribution in [0.4, 0.5) is 5.69 Å². The lowest BCUT2D eigenvalue weighted by Gasteiger charge is -2.13.